The molecule has 0 saturated heterocycles. The topological polar surface area (TPSA) is 57.4 Å². The second kappa shape index (κ2) is 12.4. The highest BCUT2D eigenvalue weighted by Crippen LogP contribution is 2.57. The quantitative estimate of drug-likeness (QED) is 0.154. The second-order valence-electron chi connectivity index (χ2n) is 21.8. The van der Waals surface area contributed by atoms with Crippen LogP contribution in [-0.2, 0) is 0 Å². The average molecular weight is 817 g/mol. The van der Waals surface area contributed by atoms with E-state index in [1.54, 1.807) is 0 Å². The number of aromatic amines is 2. The Hall–Kier alpha value is -4.71. The molecule has 0 spiro atoms. The molecule has 0 aromatic carbocycles. The van der Waals surface area contributed by atoms with E-state index in [4.69, 9.17) is 9.97 Å². The van der Waals surface area contributed by atoms with Gasteiger partial charge < -0.3 is 9.97 Å². The van der Waals surface area contributed by atoms with Gasteiger partial charge in [0.15, 0.2) is 0 Å². The number of H-pyrrole nitrogens is 2. The molecule has 5 heterocycles. The molecule has 17 rings (SSSR count). The van der Waals surface area contributed by atoms with Gasteiger partial charge in [-0.1, -0.05) is 106 Å². The van der Waals surface area contributed by atoms with E-state index in [9.17, 15) is 0 Å². The van der Waals surface area contributed by atoms with Gasteiger partial charge in [0, 0.05) is 63.9 Å². The SMILES string of the molecule is C[Si](C)(C)C#Cc1c2nc(cc3[nH]c(c4c3[C@@H]3C=C[C@H]4CC3)c(/C=C/[Si](C)(C)C)c3[nH]c(cc4nc1C1=C4[C@@H]4C=C[C@H]1CC4)c1c3[C@@H]3C=C[C@H]1CC3)C1=C2[C@@H]2C=C[C@H]1CC2. The van der Waals surface area contributed by atoms with Gasteiger partial charge >= 0.3 is 0 Å². The van der Waals surface area contributed by atoms with Crippen molar-refractivity contribution in [1.82, 2.24) is 19.9 Å². The van der Waals surface area contributed by atoms with Crippen molar-refractivity contribution in [2.45, 2.75) is 114 Å². The van der Waals surface area contributed by atoms with E-state index < -0.39 is 16.1 Å². The van der Waals surface area contributed by atoms with Crippen LogP contribution in [0.4, 0.5) is 0 Å². The minimum absolute atomic E-state index is 0.360. The van der Waals surface area contributed by atoms with Crippen molar-refractivity contribution in [2.75, 3.05) is 0 Å². The summed E-state index contributed by atoms with van der Waals surface area (Å²) < 4.78 is 0. The van der Waals surface area contributed by atoms with Crippen LogP contribution in [0.3, 0.4) is 0 Å². The zero-order chi connectivity index (χ0) is 40.4. The first-order valence-electron chi connectivity index (χ1n) is 23.3. The zero-order valence-corrected chi connectivity index (χ0v) is 38.1. The van der Waals surface area contributed by atoms with Crippen LogP contribution in [0.2, 0.25) is 39.3 Å². The van der Waals surface area contributed by atoms with Crippen molar-refractivity contribution >= 4 is 66.6 Å². The molecule has 12 aliphatic carbocycles. The maximum absolute atomic E-state index is 5.87. The summed E-state index contributed by atoms with van der Waals surface area (Å²) in [4.78, 5) is 20.3. The van der Waals surface area contributed by atoms with E-state index in [1.807, 2.05) is 0 Å². The number of fused-ring (bicyclic) bond motifs is 12. The molecule has 2 N–H and O–H groups in total. The highest BCUT2D eigenvalue weighted by Gasteiger charge is 2.43. The third kappa shape index (κ3) is 5.21. The van der Waals surface area contributed by atoms with Crippen LogP contribution in [-0.4, -0.2) is 36.1 Å². The lowest BCUT2D eigenvalue weighted by atomic mass is 9.69. The number of aromatic nitrogens is 4. The molecule has 14 aliphatic rings. The highest BCUT2D eigenvalue weighted by molar-refractivity contribution is 6.84. The smallest absolute Gasteiger partial charge is 0.129 e. The summed E-state index contributed by atoms with van der Waals surface area (Å²) in [6, 6.07) is 4.97. The Balaban J connectivity index is 1.25. The number of allylic oxidation sites excluding steroid dienone is 12. The Morgan fingerprint density at radius 1 is 0.517 bits per heavy atom. The molecule has 3 aromatic rings. The molecule has 4 nitrogen and oxygen atoms in total. The van der Waals surface area contributed by atoms with Crippen LogP contribution in [0, 0.1) is 35.1 Å². The van der Waals surface area contributed by atoms with Crippen molar-refractivity contribution in [3.63, 3.8) is 0 Å². The summed E-state index contributed by atoms with van der Waals surface area (Å²) in [5.74, 6) is 7.08. The van der Waals surface area contributed by atoms with Gasteiger partial charge in [-0.2, -0.15) is 0 Å². The van der Waals surface area contributed by atoms with Crippen LogP contribution in [0.1, 0.15) is 131 Å². The Morgan fingerprint density at radius 2 is 0.900 bits per heavy atom. The lowest BCUT2D eigenvalue weighted by molar-refractivity contribution is 0.557. The summed E-state index contributed by atoms with van der Waals surface area (Å²) in [5.41, 5.74) is 30.4. The molecule has 0 saturated carbocycles. The molecule has 3 aromatic heterocycles. The number of nitrogens with zero attached hydrogens (tertiary/aromatic N) is 2. The van der Waals surface area contributed by atoms with Crippen LogP contribution >= 0.6 is 0 Å². The van der Waals surface area contributed by atoms with Crippen molar-refractivity contribution in [2.24, 2.45) is 23.7 Å². The summed E-state index contributed by atoms with van der Waals surface area (Å²) in [6.45, 7) is 14.5. The standard InChI is InChI=1S/C54H56N4Si2/c1-59(2,3)25-23-37-51-47-33-15-7-29(8-16-33)43(47)39(55-51)27-41-45-31-11-19-35(20-12-31)49(45)53(57-41)38(24-26-60(4,5)6)54-50-36-21-13-32(14-22-36)46(50)42(58-54)28-40-44-30-9-17-34(18-10-30)48(44)52(37)56-40/h7,9,11,13,15,17,19,21,23,25,27-36,55-56H,8,10,12,14,16,18,20,22H2,1-6H3/b25-23+,39-27?,40-28?,41-27?,42-28?,51-37?,52-37?,53-38?,54-38?/t29-,30+,31+,32-,33+,34-,35-,36+. The molecular weight excluding hydrogens is 761 g/mol. The first-order valence-corrected chi connectivity index (χ1v) is 30.4. The summed E-state index contributed by atoms with van der Waals surface area (Å²) in [6.07, 6.45) is 32.2. The normalized spacial score (nSPS) is 29.7. The van der Waals surface area contributed by atoms with Crippen molar-refractivity contribution < 1.29 is 0 Å². The fraction of sp³-hybridized carbons (Fsp3) is 0.407. The van der Waals surface area contributed by atoms with Gasteiger partial charge in [0.25, 0.3) is 0 Å². The molecule has 16 bridgehead atoms. The zero-order valence-electron chi connectivity index (χ0n) is 36.1. The first-order chi connectivity index (χ1) is 29.0. The van der Waals surface area contributed by atoms with E-state index in [0.29, 0.717) is 47.3 Å². The summed E-state index contributed by atoms with van der Waals surface area (Å²) >= 11 is 0. The van der Waals surface area contributed by atoms with Gasteiger partial charge in [-0.05, 0) is 108 Å². The maximum Gasteiger partial charge on any atom is 0.129 e. The number of rotatable bonds is 2. The third-order valence-electron chi connectivity index (χ3n) is 15.6. The minimum Gasteiger partial charge on any atom is -0.354 e. The second-order valence-corrected chi connectivity index (χ2v) is 31.6. The predicted molar refractivity (Wildman–Crippen MR) is 256 cm³/mol. The van der Waals surface area contributed by atoms with E-state index >= 15 is 0 Å². The molecule has 6 heteroatoms. The molecule has 60 heavy (non-hydrogen) atoms. The van der Waals surface area contributed by atoms with Gasteiger partial charge in [0.1, 0.15) is 8.07 Å². The van der Waals surface area contributed by atoms with Crippen LogP contribution in [0.25, 0.3) is 50.4 Å². The molecule has 0 amide bonds. The molecule has 2 aliphatic heterocycles. The van der Waals surface area contributed by atoms with Gasteiger partial charge in [-0.25, -0.2) is 9.97 Å². The van der Waals surface area contributed by atoms with E-state index in [1.165, 1.54) is 124 Å². The van der Waals surface area contributed by atoms with Crippen LogP contribution in [0.5, 0.6) is 0 Å². The highest BCUT2D eigenvalue weighted by atomic mass is 28.3. The van der Waals surface area contributed by atoms with Crippen LogP contribution < -0.4 is 0 Å². The van der Waals surface area contributed by atoms with Gasteiger partial charge in [0.2, 0.25) is 0 Å². The van der Waals surface area contributed by atoms with Crippen LogP contribution in [0.15, 0.2) is 66.4 Å². The molecule has 8 atom stereocenters. The van der Waals surface area contributed by atoms with E-state index in [-0.39, 0.29) is 0 Å². The maximum atomic E-state index is 5.87. The molecule has 0 unspecified atom stereocenters. The molecule has 0 fully saturated rings. The minimum atomic E-state index is -1.76. The Labute approximate surface area is 356 Å². The number of hydrogen-bond donors (Lipinski definition) is 2. The first kappa shape index (κ1) is 36.0. The Morgan fingerprint density at radius 3 is 1.28 bits per heavy atom. The predicted octanol–water partition coefficient (Wildman–Crippen LogP) is 13.5. The lowest BCUT2D eigenvalue weighted by Gasteiger charge is -2.34. The Bertz CT molecular complexity index is 2790. The fourth-order valence-electron chi connectivity index (χ4n) is 13.0. The monoisotopic (exact) mass is 816 g/mol. The number of nitrogens with one attached hydrogen (secondary N) is 2. The van der Waals surface area contributed by atoms with E-state index in [0.717, 1.165) is 28.3 Å². The lowest BCUT2D eigenvalue weighted by Crippen LogP contribution is -2.20. The Kier molecular flexibility index (Phi) is 7.47. The third-order valence-corrected chi connectivity index (χ3v) is 17.7. The van der Waals surface area contributed by atoms with Crippen molar-refractivity contribution in [3.8, 4) is 11.5 Å². The summed E-state index contributed by atoms with van der Waals surface area (Å²) in [7, 11) is -3.33. The number of hydrogen-bond acceptors (Lipinski definition) is 2. The molecule has 0 radical (unpaired) electrons. The van der Waals surface area contributed by atoms with E-state index in [2.05, 4.69) is 133 Å². The largest absolute Gasteiger partial charge is 0.354 e. The van der Waals surface area contributed by atoms with Crippen molar-refractivity contribution in [1.29, 1.82) is 0 Å². The summed E-state index contributed by atoms with van der Waals surface area (Å²) in [5, 5.41) is 0. The van der Waals surface area contributed by atoms with Gasteiger partial charge in [-0.3, -0.25) is 0 Å². The van der Waals surface area contributed by atoms with Crippen molar-refractivity contribution in [3.05, 3.63) is 123 Å². The molecular formula is C54H56N4Si2. The fourth-order valence-corrected chi connectivity index (χ4v) is 14.2. The van der Waals surface area contributed by atoms with Gasteiger partial charge in [-0.15, -0.1) is 5.54 Å². The molecule has 300 valence electrons. The van der Waals surface area contributed by atoms with Gasteiger partial charge in [0.05, 0.1) is 47.4 Å². The average Bonchev–Trinajstić information content (AvgIpc) is 4.04.